The van der Waals surface area contributed by atoms with Gasteiger partial charge in [-0.05, 0) is 12.1 Å². The normalized spacial score (nSPS) is 9.71. The molecule has 2 aromatic heterocycles. The molecule has 0 saturated carbocycles. The molecule has 0 aliphatic rings. The Kier molecular flexibility index (Phi) is 2.22. The van der Waals surface area contributed by atoms with E-state index >= 15 is 0 Å². The number of hydrogen-bond acceptors (Lipinski definition) is 5. The van der Waals surface area contributed by atoms with E-state index in [4.69, 9.17) is 0 Å². The minimum absolute atomic E-state index is 0.227. The first kappa shape index (κ1) is 8.43. The van der Waals surface area contributed by atoms with E-state index in [-0.39, 0.29) is 5.78 Å². The summed E-state index contributed by atoms with van der Waals surface area (Å²) in [7, 11) is 0. The maximum atomic E-state index is 11.7. The van der Waals surface area contributed by atoms with Crippen LogP contribution in [0.4, 0.5) is 0 Å². The molecule has 0 aromatic carbocycles. The Balaban J connectivity index is 2.35. The van der Waals surface area contributed by atoms with Crippen molar-refractivity contribution in [1.82, 2.24) is 19.9 Å². The van der Waals surface area contributed by atoms with Crippen molar-refractivity contribution in [2.75, 3.05) is 0 Å². The van der Waals surface area contributed by atoms with Crippen LogP contribution in [0.5, 0.6) is 0 Å². The van der Waals surface area contributed by atoms with E-state index < -0.39 is 0 Å². The van der Waals surface area contributed by atoms with Gasteiger partial charge in [0.25, 0.3) is 0 Å². The van der Waals surface area contributed by atoms with E-state index in [0.717, 1.165) is 0 Å². The van der Waals surface area contributed by atoms with Crippen LogP contribution in [-0.4, -0.2) is 25.7 Å². The van der Waals surface area contributed by atoms with Gasteiger partial charge in [-0.3, -0.25) is 4.79 Å². The molecule has 0 radical (unpaired) electrons. The smallest absolute Gasteiger partial charge is 0.229 e. The third kappa shape index (κ3) is 1.61. The molecule has 2 heterocycles. The molecule has 5 heteroatoms. The van der Waals surface area contributed by atoms with Gasteiger partial charge in [-0.2, -0.15) is 0 Å². The van der Waals surface area contributed by atoms with Gasteiger partial charge in [0.15, 0.2) is 0 Å². The van der Waals surface area contributed by atoms with Crippen LogP contribution in [0, 0.1) is 0 Å². The monoisotopic (exact) mass is 186 g/mol. The molecule has 0 bridgehead atoms. The summed E-state index contributed by atoms with van der Waals surface area (Å²) in [6, 6.07) is 3.09. The number of ketones is 1. The predicted molar refractivity (Wildman–Crippen MR) is 47.5 cm³/mol. The number of hydrogen-bond donors (Lipinski definition) is 0. The Morgan fingerprint density at radius 3 is 1.79 bits per heavy atom. The topological polar surface area (TPSA) is 68.6 Å². The molecule has 0 aliphatic carbocycles. The van der Waals surface area contributed by atoms with Crippen molar-refractivity contribution in [3.8, 4) is 0 Å². The van der Waals surface area contributed by atoms with Gasteiger partial charge in [-0.1, -0.05) is 0 Å². The van der Waals surface area contributed by atoms with E-state index in [2.05, 4.69) is 19.9 Å². The summed E-state index contributed by atoms with van der Waals surface area (Å²) in [4.78, 5) is 26.8. The molecule has 68 valence electrons. The maximum absolute atomic E-state index is 11.7. The Morgan fingerprint density at radius 1 is 0.929 bits per heavy atom. The Bertz CT molecular complexity index is 388. The molecule has 0 aliphatic heterocycles. The van der Waals surface area contributed by atoms with Gasteiger partial charge in [0.2, 0.25) is 5.78 Å². The van der Waals surface area contributed by atoms with Crippen LogP contribution < -0.4 is 0 Å². The van der Waals surface area contributed by atoms with Gasteiger partial charge in [0.05, 0.1) is 0 Å². The van der Waals surface area contributed by atoms with Crippen molar-refractivity contribution in [2.24, 2.45) is 0 Å². The highest BCUT2D eigenvalue weighted by molar-refractivity contribution is 6.06. The second-order valence-corrected chi connectivity index (χ2v) is 2.52. The summed E-state index contributed by atoms with van der Waals surface area (Å²) in [6.45, 7) is 0. The van der Waals surface area contributed by atoms with Gasteiger partial charge < -0.3 is 0 Å². The van der Waals surface area contributed by atoms with Gasteiger partial charge in [0, 0.05) is 12.4 Å². The first-order chi connectivity index (χ1) is 6.88. The third-order valence-corrected chi connectivity index (χ3v) is 1.63. The lowest BCUT2D eigenvalue weighted by Gasteiger charge is -1.96. The van der Waals surface area contributed by atoms with E-state index in [0.29, 0.717) is 11.4 Å². The molecule has 2 aromatic rings. The van der Waals surface area contributed by atoms with E-state index in [9.17, 15) is 4.79 Å². The molecule has 14 heavy (non-hydrogen) atoms. The minimum atomic E-state index is -0.227. The number of rotatable bonds is 2. The number of nitrogens with zero attached hydrogens (tertiary/aromatic N) is 4. The second kappa shape index (κ2) is 3.69. The first-order valence-corrected chi connectivity index (χ1v) is 3.94. The van der Waals surface area contributed by atoms with Crippen molar-refractivity contribution in [1.29, 1.82) is 0 Å². The average molecular weight is 186 g/mol. The number of aromatic nitrogens is 4. The van der Waals surface area contributed by atoms with Crippen LogP contribution in [0.2, 0.25) is 0 Å². The zero-order chi connectivity index (χ0) is 9.80. The molecule has 0 unspecified atom stereocenters. The standard InChI is InChI=1S/C9H6N4O/c14-9(7-1-3-10-5-12-7)8-2-4-11-6-13-8/h1-6H. The van der Waals surface area contributed by atoms with Crippen molar-refractivity contribution in [3.05, 3.63) is 48.6 Å². The Labute approximate surface area is 79.9 Å². The number of carbonyl (C=O) groups is 1. The molecular weight excluding hydrogens is 180 g/mol. The summed E-state index contributed by atoms with van der Waals surface area (Å²) < 4.78 is 0. The summed E-state index contributed by atoms with van der Waals surface area (Å²) in [6.07, 6.45) is 5.69. The Hall–Kier alpha value is -2.17. The lowest BCUT2D eigenvalue weighted by molar-refractivity contribution is 0.102. The fourth-order valence-electron chi connectivity index (χ4n) is 0.981. The molecule has 0 saturated heterocycles. The molecule has 2 rings (SSSR count). The molecule has 0 fully saturated rings. The molecule has 0 atom stereocenters. The second-order valence-electron chi connectivity index (χ2n) is 2.52. The van der Waals surface area contributed by atoms with Crippen LogP contribution in [0.1, 0.15) is 16.2 Å². The van der Waals surface area contributed by atoms with Gasteiger partial charge in [0.1, 0.15) is 24.0 Å². The third-order valence-electron chi connectivity index (χ3n) is 1.63. The largest absolute Gasteiger partial charge is 0.285 e. The van der Waals surface area contributed by atoms with E-state index in [1.54, 1.807) is 12.1 Å². The van der Waals surface area contributed by atoms with Gasteiger partial charge in [-0.15, -0.1) is 0 Å². The summed E-state index contributed by atoms with van der Waals surface area (Å²) in [5.41, 5.74) is 0.664. The van der Waals surface area contributed by atoms with Crippen molar-refractivity contribution < 1.29 is 4.79 Å². The Morgan fingerprint density at radius 2 is 1.43 bits per heavy atom. The predicted octanol–water partition coefficient (Wildman–Crippen LogP) is 0.498. The van der Waals surface area contributed by atoms with Gasteiger partial charge >= 0.3 is 0 Å². The van der Waals surface area contributed by atoms with Crippen LogP contribution in [0.3, 0.4) is 0 Å². The minimum Gasteiger partial charge on any atom is -0.285 e. The van der Waals surface area contributed by atoms with Crippen LogP contribution in [-0.2, 0) is 0 Å². The highest BCUT2D eigenvalue weighted by Gasteiger charge is 2.10. The number of carbonyl (C=O) groups excluding carboxylic acids is 1. The van der Waals surface area contributed by atoms with Crippen LogP contribution >= 0.6 is 0 Å². The van der Waals surface area contributed by atoms with Crippen molar-refractivity contribution >= 4 is 5.78 Å². The summed E-state index contributed by atoms with van der Waals surface area (Å²) in [5, 5.41) is 0. The van der Waals surface area contributed by atoms with Crippen LogP contribution in [0.15, 0.2) is 37.2 Å². The molecule has 0 N–H and O–H groups in total. The zero-order valence-corrected chi connectivity index (χ0v) is 7.16. The molecule has 0 amide bonds. The molecule has 5 nitrogen and oxygen atoms in total. The van der Waals surface area contributed by atoms with Crippen LogP contribution in [0.25, 0.3) is 0 Å². The lowest BCUT2D eigenvalue weighted by Crippen LogP contribution is -2.06. The quantitative estimate of drug-likeness (QED) is 0.638. The highest BCUT2D eigenvalue weighted by Crippen LogP contribution is 2.01. The summed E-state index contributed by atoms with van der Waals surface area (Å²) in [5.74, 6) is -0.227. The van der Waals surface area contributed by atoms with E-state index in [1.165, 1.54) is 25.0 Å². The first-order valence-electron chi connectivity index (χ1n) is 3.94. The SMILES string of the molecule is O=C(c1ccncn1)c1ccncn1. The maximum Gasteiger partial charge on any atom is 0.229 e. The summed E-state index contributed by atoms with van der Waals surface area (Å²) >= 11 is 0. The fourth-order valence-corrected chi connectivity index (χ4v) is 0.981. The zero-order valence-electron chi connectivity index (χ0n) is 7.16. The van der Waals surface area contributed by atoms with Gasteiger partial charge in [-0.25, -0.2) is 19.9 Å². The van der Waals surface area contributed by atoms with Crippen molar-refractivity contribution in [2.45, 2.75) is 0 Å². The van der Waals surface area contributed by atoms with E-state index in [1.807, 2.05) is 0 Å². The fraction of sp³-hybridized carbons (Fsp3) is 0. The lowest BCUT2D eigenvalue weighted by atomic mass is 10.2. The average Bonchev–Trinajstić information content (AvgIpc) is 2.30. The molecule has 0 spiro atoms. The molecular formula is C9H6N4O. The highest BCUT2D eigenvalue weighted by atomic mass is 16.1. The van der Waals surface area contributed by atoms with Crippen molar-refractivity contribution in [3.63, 3.8) is 0 Å².